The Morgan fingerprint density at radius 3 is 1.88 bits per heavy atom. The van der Waals surface area contributed by atoms with E-state index in [9.17, 15) is 4.79 Å². The molecule has 0 atom stereocenters. The van der Waals surface area contributed by atoms with Gasteiger partial charge in [0.15, 0.2) is 0 Å². The zero-order valence-electron chi connectivity index (χ0n) is 15.0. The second-order valence-electron chi connectivity index (χ2n) is 4.90. The number of hydrogen-bond acceptors (Lipinski definition) is 5. The van der Waals surface area contributed by atoms with Crippen molar-refractivity contribution in [3.05, 3.63) is 34.9 Å². The molecule has 0 aliphatic rings. The maximum Gasteiger partial charge on any atom is 0.338 e. The van der Waals surface area contributed by atoms with E-state index in [1.807, 2.05) is 6.07 Å². The Morgan fingerprint density at radius 2 is 1.36 bits per heavy atom. The molecule has 0 aliphatic carbocycles. The molecule has 0 saturated heterocycles. The highest BCUT2D eigenvalue weighted by atomic mass is 16.6. The molecular formula is C20H24O5. The van der Waals surface area contributed by atoms with Crippen molar-refractivity contribution >= 4 is 5.97 Å². The summed E-state index contributed by atoms with van der Waals surface area (Å²) in [5, 5.41) is 0. The van der Waals surface area contributed by atoms with Crippen molar-refractivity contribution in [1.82, 2.24) is 0 Å². The van der Waals surface area contributed by atoms with E-state index in [1.165, 1.54) is 0 Å². The molecule has 0 bridgehead atoms. The SMILES string of the molecule is CC#Cc1cc(C#CC)cc(C(=O)OCCOCCOCCOC)c1. The van der Waals surface area contributed by atoms with Crippen LogP contribution in [0.25, 0.3) is 0 Å². The van der Waals surface area contributed by atoms with Gasteiger partial charge in [0.2, 0.25) is 0 Å². The second kappa shape index (κ2) is 13.0. The minimum Gasteiger partial charge on any atom is -0.460 e. The van der Waals surface area contributed by atoms with E-state index in [4.69, 9.17) is 18.9 Å². The Morgan fingerprint density at radius 1 is 0.840 bits per heavy atom. The van der Waals surface area contributed by atoms with Gasteiger partial charge in [-0.1, -0.05) is 11.8 Å². The molecule has 0 unspecified atom stereocenters. The first-order chi connectivity index (χ1) is 12.2. The van der Waals surface area contributed by atoms with Crippen LogP contribution in [0.1, 0.15) is 35.3 Å². The highest BCUT2D eigenvalue weighted by Crippen LogP contribution is 2.11. The molecule has 0 spiro atoms. The van der Waals surface area contributed by atoms with Crippen LogP contribution in [-0.2, 0) is 18.9 Å². The lowest BCUT2D eigenvalue weighted by Crippen LogP contribution is -2.14. The maximum atomic E-state index is 12.2. The summed E-state index contributed by atoms with van der Waals surface area (Å²) in [7, 11) is 1.62. The number of benzene rings is 1. The first-order valence-electron chi connectivity index (χ1n) is 8.03. The van der Waals surface area contributed by atoms with E-state index < -0.39 is 5.97 Å². The molecule has 134 valence electrons. The molecule has 0 N–H and O–H groups in total. The van der Waals surface area contributed by atoms with Gasteiger partial charge in [-0.05, 0) is 32.0 Å². The fourth-order valence-corrected chi connectivity index (χ4v) is 1.92. The van der Waals surface area contributed by atoms with Crippen LogP contribution in [0.5, 0.6) is 0 Å². The lowest BCUT2D eigenvalue weighted by Gasteiger charge is -2.07. The van der Waals surface area contributed by atoms with Crippen molar-refractivity contribution < 1.29 is 23.7 Å². The summed E-state index contributed by atoms with van der Waals surface area (Å²) < 4.78 is 20.7. The monoisotopic (exact) mass is 344 g/mol. The average Bonchev–Trinajstić information content (AvgIpc) is 2.60. The van der Waals surface area contributed by atoms with Gasteiger partial charge in [-0.3, -0.25) is 0 Å². The standard InChI is InChI=1S/C20H24O5/c1-4-6-17-14-18(7-5-2)16-19(15-17)20(21)25-13-12-24-11-10-23-9-8-22-3/h14-16H,8-13H2,1-3H3. The van der Waals surface area contributed by atoms with Crippen LogP contribution in [0.3, 0.4) is 0 Å². The Hall–Kier alpha value is -2.31. The van der Waals surface area contributed by atoms with Crippen LogP contribution in [0.4, 0.5) is 0 Å². The average molecular weight is 344 g/mol. The molecular weight excluding hydrogens is 320 g/mol. The third kappa shape index (κ3) is 8.93. The maximum absolute atomic E-state index is 12.2. The third-order valence-corrected chi connectivity index (χ3v) is 2.97. The van der Waals surface area contributed by atoms with Crippen LogP contribution in [-0.4, -0.2) is 52.7 Å². The predicted octanol–water partition coefficient (Wildman–Crippen LogP) is 2.27. The van der Waals surface area contributed by atoms with Gasteiger partial charge in [0, 0.05) is 18.2 Å². The normalized spacial score (nSPS) is 9.56. The fraction of sp³-hybridized carbons (Fsp3) is 0.450. The molecule has 0 amide bonds. The second-order valence-corrected chi connectivity index (χ2v) is 4.90. The summed E-state index contributed by atoms with van der Waals surface area (Å²) in [4.78, 5) is 12.2. The summed E-state index contributed by atoms with van der Waals surface area (Å²) in [5.74, 6) is 11.1. The molecule has 0 aliphatic heterocycles. The molecule has 1 aromatic rings. The van der Waals surface area contributed by atoms with Crippen LogP contribution in [0.2, 0.25) is 0 Å². The molecule has 1 aromatic carbocycles. The van der Waals surface area contributed by atoms with Gasteiger partial charge in [-0.25, -0.2) is 4.79 Å². The Bertz CT molecular complexity index is 620. The van der Waals surface area contributed by atoms with Gasteiger partial charge >= 0.3 is 5.97 Å². The van der Waals surface area contributed by atoms with E-state index in [1.54, 1.807) is 33.1 Å². The van der Waals surface area contributed by atoms with Crippen molar-refractivity contribution in [1.29, 1.82) is 0 Å². The number of ether oxygens (including phenoxy) is 4. The van der Waals surface area contributed by atoms with Crippen molar-refractivity contribution in [3.8, 4) is 23.7 Å². The molecule has 0 aromatic heterocycles. The van der Waals surface area contributed by atoms with E-state index in [-0.39, 0.29) is 6.61 Å². The van der Waals surface area contributed by atoms with Crippen molar-refractivity contribution in [3.63, 3.8) is 0 Å². The highest BCUT2D eigenvalue weighted by Gasteiger charge is 2.09. The van der Waals surface area contributed by atoms with Crippen molar-refractivity contribution in [2.24, 2.45) is 0 Å². The van der Waals surface area contributed by atoms with E-state index >= 15 is 0 Å². The summed E-state index contributed by atoms with van der Waals surface area (Å²) in [6.45, 7) is 6.00. The summed E-state index contributed by atoms with van der Waals surface area (Å²) in [5.41, 5.74) is 1.90. The molecule has 0 heterocycles. The van der Waals surface area contributed by atoms with Gasteiger partial charge in [0.25, 0.3) is 0 Å². The molecule has 1 rings (SSSR count). The Kier molecular flexibility index (Phi) is 10.8. The van der Waals surface area contributed by atoms with E-state index in [2.05, 4.69) is 23.7 Å². The van der Waals surface area contributed by atoms with Crippen LogP contribution >= 0.6 is 0 Å². The van der Waals surface area contributed by atoms with Gasteiger partial charge in [0.05, 0.1) is 38.6 Å². The Balaban J connectivity index is 2.41. The van der Waals surface area contributed by atoms with E-state index in [0.29, 0.717) is 38.6 Å². The lowest BCUT2D eigenvalue weighted by molar-refractivity contribution is 0.00570. The number of hydrogen-bond donors (Lipinski definition) is 0. The molecule has 0 radical (unpaired) electrons. The highest BCUT2D eigenvalue weighted by molar-refractivity contribution is 5.90. The fourth-order valence-electron chi connectivity index (χ4n) is 1.92. The number of methoxy groups -OCH3 is 1. The topological polar surface area (TPSA) is 54.0 Å². The predicted molar refractivity (Wildman–Crippen MR) is 95.3 cm³/mol. The quantitative estimate of drug-likeness (QED) is 0.370. The van der Waals surface area contributed by atoms with Crippen LogP contribution < -0.4 is 0 Å². The molecule has 0 saturated carbocycles. The molecule has 25 heavy (non-hydrogen) atoms. The zero-order valence-corrected chi connectivity index (χ0v) is 15.0. The van der Waals surface area contributed by atoms with Gasteiger partial charge in [-0.15, -0.1) is 11.8 Å². The van der Waals surface area contributed by atoms with E-state index in [0.717, 1.165) is 11.1 Å². The third-order valence-electron chi connectivity index (χ3n) is 2.97. The largest absolute Gasteiger partial charge is 0.460 e. The minimum atomic E-state index is -0.418. The summed E-state index contributed by atoms with van der Waals surface area (Å²) >= 11 is 0. The van der Waals surface area contributed by atoms with Gasteiger partial charge in [-0.2, -0.15) is 0 Å². The summed E-state index contributed by atoms with van der Waals surface area (Å²) in [6, 6.07) is 5.24. The molecule has 5 nitrogen and oxygen atoms in total. The van der Waals surface area contributed by atoms with Crippen molar-refractivity contribution in [2.45, 2.75) is 13.8 Å². The smallest absolute Gasteiger partial charge is 0.338 e. The Labute approximate surface area is 149 Å². The molecule has 0 fully saturated rings. The van der Waals surface area contributed by atoms with Crippen LogP contribution in [0.15, 0.2) is 18.2 Å². The number of rotatable bonds is 10. The number of carbonyl (C=O) groups excluding carboxylic acids is 1. The minimum absolute atomic E-state index is 0.176. The first-order valence-corrected chi connectivity index (χ1v) is 8.03. The number of carbonyl (C=O) groups is 1. The first kappa shape index (κ1) is 20.7. The van der Waals surface area contributed by atoms with Crippen LogP contribution in [0, 0.1) is 23.7 Å². The lowest BCUT2D eigenvalue weighted by atomic mass is 10.1. The molecule has 5 heteroatoms. The van der Waals surface area contributed by atoms with Gasteiger partial charge in [0.1, 0.15) is 6.61 Å². The zero-order chi connectivity index (χ0) is 18.3. The van der Waals surface area contributed by atoms with Crippen molar-refractivity contribution in [2.75, 3.05) is 46.8 Å². The summed E-state index contributed by atoms with van der Waals surface area (Å²) in [6.07, 6.45) is 0. The van der Waals surface area contributed by atoms with Gasteiger partial charge < -0.3 is 18.9 Å². The number of esters is 1.